The lowest BCUT2D eigenvalue weighted by atomic mass is 9.78. The third kappa shape index (κ3) is 5.64. The maximum atomic E-state index is 13.8. The van der Waals surface area contributed by atoms with Crippen LogP contribution in [-0.4, -0.2) is 7.11 Å². The Morgan fingerprint density at radius 1 is 1.00 bits per heavy atom. The Morgan fingerprint density at radius 2 is 1.52 bits per heavy atom. The van der Waals surface area contributed by atoms with Crippen LogP contribution >= 0.6 is 0 Å². The fourth-order valence-electron chi connectivity index (χ4n) is 3.07. The van der Waals surface area contributed by atoms with Crippen LogP contribution in [0.1, 0.15) is 58.3 Å². The first-order valence-electron chi connectivity index (χ1n) is 7.96. The minimum atomic E-state index is -1.03. The van der Waals surface area contributed by atoms with Gasteiger partial charge in [-0.2, -0.15) is 4.39 Å². The van der Waals surface area contributed by atoms with Gasteiger partial charge in [0.2, 0.25) is 0 Å². The third-order valence-corrected chi connectivity index (χ3v) is 4.51. The average molecular weight is 298 g/mol. The van der Waals surface area contributed by atoms with Gasteiger partial charge in [-0.1, -0.05) is 58.6 Å². The maximum Gasteiger partial charge on any atom is 0.200 e. The lowest BCUT2D eigenvalue weighted by molar-refractivity contribution is 0.251. The van der Waals surface area contributed by atoms with Gasteiger partial charge in [0.1, 0.15) is 5.76 Å². The van der Waals surface area contributed by atoms with E-state index < -0.39 is 11.7 Å². The van der Waals surface area contributed by atoms with Gasteiger partial charge >= 0.3 is 0 Å². The lowest BCUT2D eigenvalue weighted by Gasteiger charge is -2.28. The quantitative estimate of drug-likeness (QED) is 0.380. The topological polar surface area (TPSA) is 9.23 Å². The molecule has 1 fully saturated rings. The number of ether oxygens (including phenoxy) is 1. The molecule has 0 aromatic rings. The molecule has 3 heteroatoms. The van der Waals surface area contributed by atoms with Crippen molar-refractivity contribution in [3.05, 3.63) is 36.1 Å². The first-order chi connectivity index (χ1) is 9.99. The molecular formula is C18H28F2O. The van der Waals surface area contributed by atoms with E-state index in [1.807, 2.05) is 0 Å². The highest BCUT2D eigenvalue weighted by Gasteiger charge is 2.21. The molecule has 120 valence electrons. The smallest absolute Gasteiger partial charge is 0.200 e. The van der Waals surface area contributed by atoms with Gasteiger partial charge in [0.15, 0.2) is 11.7 Å². The monoisotopic (exact) mass is 298 g/mol. The van der Waals surface area contributed by atoms with Gasteiger partial charge in [-0.25, -0.2) is 4.39 Å². The van der Waals surface area contributed by atoms with E-state index in [0.717, 1.165) is 12.3 Å². The van der Waals surface area contributed by atoms with Crippen molar-refractivity contribution >= 4 is 0 Å². The zero-order valence-electron chi connectivity index (χ0n) is 13.4. The number of halogens is 2. The van der Waals surface area contributed by atoms with Gasteiger partial charge in [0, 0.05) is 0 Å². The molecule has 0 unspecified atom stereocenters. The minimum absolute atomic E-state index is 0.210. The van der Waals surface area contributed by atoms with Crippen molar-refractivity contribution in [2.45, 2.75) is 58.3 Å². The highest BCUT2D eigenvalue weighted by molar-refractivity contribution is 5.32. The number of allylic oxidation sites excluding steroid dienone is 3. The standard InChI is InChI=1S/C18H28F2O/c1-5-6-15-9-11-16(12-10-15)8-7-13(2)17(19)18(20)14(3)21-4/h15-16H,2-3,5-12H2,1,4H3/b18-17-. The van der Waals surface area contributed by atoms with E-state index in [2.05, 4.69) is 24.8 Å². The average Bonchev–Trinajstić information content (AvgIpc) is 2.51. The zero-order valence-corrected chi connectivity index (χ0v) is 13.4. The summed E-state index contributed by atoms with van der Waals surface area (Å²) in [5.74, 6) is -0.741. The van der Waals surface area contributed by atoms with Crippen LogP contribution in [0.15, 0.2) is 36.1 Å². The summed E-state index contributed by atoms with van der Waals surface area (Å²) in [6, 6.07) is 0. The van der Waals surface area contributed by atoms with E-state index >= 15 is 0 Å². The number of methoxy groups -OCH3 is 1. The van der Waals surface area contributed by atoms with Crippen LogP contribution in [0.3, 0.4) is 0 Å². The molecule has 0 aromatic heterocycles. The molecule has 1 nitrogen and oxygen atoms in total. The molecule has 0 atom stereocenters. The van der Waals surface area contributed by atoms with Crippen LogP contribution in [-0.2, 0) is 4.74 Å². The molecule has 0 radical (unpaired) electrons. The molecule has 21 heavy (non-hydrogen) atoms. The second-order valence-corrected chi connectivity index (χ2v) is 6.07. The van der Waals surface area contributed by atoms with Gasteiger partial charge < -0.3 is 4.74 Å². The van der Waals surface area contributed by atoms with E-state index in [1.54, 1.807) is 0 Å². The molecule has 0 heterocycles. The molecule has 1 aliphatic carbocycles. The number of rotatable bonds is 8. The minimum Gasteiger partial charge on any atom is -0.494 e. The Hall–Kier alpha value is -1.12. The van der Waals surface area contributed by atoms with Gasteiger partial charge in [-0.15, -0.1) is 0 Å². The van der Waals surface area contributed by atoms with Crippen molar-refractivity contribution in [1.82, 2.24) is 0 Å². The molecular weight excluding hydrogens is 270 g/mol. The summed E-state index contributed by atoms with van der Waals surface area (Å²) in [5, 5.41) is 0. The molecule has 0 bridgehead atoms. The van der Waals surface area contributed by atoms with Gasteiger partial charge in [0.05, 0.1) is 7.11 Å². The van der Waals surface area contributed by atoms with Crippen LogP contribution in [0.4, 0.5) is 8.78 Å². The molecule has 0 amide bonds. The predicted octanol–water partition coefficient (Wildman–Crippen LogP) is 6.24. The van der Waals surface area contributed by atoms with Gasteiger partial charge in [0.25, 0.3) is 0 Å². The zero-order chi connectivity index (χ0) is 15.8. The fourth-order valence-corrected chi connectivity index (χ4v) is 3.07. The summed E-state index contributed by atoms with van der Waals surface area (Å²) in [7, 11) is 1.27. The highest BCUT2D eigenvalue weighted by Crippen LogP contribution is 2.35. The predicted molar refractivity (Wildman–Crippen MR) is 84.1 cm³/mol. The van der Waals surface area contributed by atoms with Crippen LogP contribution in [0.25, 0.3) is 0 Å². The Kier molecular flexibility index (Phi) is 7.69. The van der Waals surface area contributed by atoms with Crippen LogP contribution in [0, 0.1) is 11.8 Å². The van der Waals surface area contributed by atoms with Crippen LogP contribution in [0.2, 0.25) is 0 Å². The van der Waals surface area contributed by atoms with Crippen LogP contribution in [0.5, 0.6) is 0 Å². The second-order valence-electron chi connectivity index (χ2n) is 6.07. The normalized spacial score (nSPS) is 23.4. The van der Waals surface area contributed by atoms with E-state index in [0.29, 0.717) is 12.3 Å². The van der Waals surface area contributed by atoms with Crippen molar-refractivity contribution in [2.24, 2.45) is 11.8 Å². The molecule has 0 aromatic carbocycles. The molecule has 0 saturated heterocycles. The fraction of sp³-hybridized carbons (Fsp3) is 0.667. The summed E-state index contributed by atoms with van der Waals surface area (Å²) in [6.07, 6.45) is 8.92. The van der Waals surface area contributed by atoms with Gasteiger partial charge in [-0.3, -0.25) is 0 Å². The molecule has 1 rings (SSSR count). The van der Waals surface area contributed by atoms with E-state index in [4.69, 9.17) is 0 Å². The molecule has 0 aliphatic heterocycles. The summed E-state index contributed by atoms with van der Waals surface area (Å²) < 4.78 is 32.0. The number of hydrogen-bond acceptors (Lipinski definition) is 1. The Morgan fingerprint density at radius 3 is 2.00 bits per heavy atom. The highest BCUT2D eigenvalue weighted by atomic mass is 19.2. The number of hydrogen-bond donors (Lipinski definition) is 0. The summed E-state index contributed by atoms with van der Waals surface area (Å²) in [5.41, 5.74) is 0.210. The molecule has 0 N–H and O–H groups in total. The first-order valence-corrected chi connectivity index (χ1v) is 7.96. The summed E-state index contributed by atoms with van der Waals surface area (Å²) in [6.45, 7) is 9.20. The Labute approximate surface area is 127 Å². The molecule has 0 spiro atoms. The third-order valence-electron chi connectivity index (χ3n) is 4.51. The maximum absolute atomic E-state index is 13.8. The van der Waals surface area contributed by atoms with E-state index in [-0.39, 0.29) is 11.3 Å². The van der Waals surface area contributed by atoms with Crippen LogP contribution < -0.4 is 0 Å². The molecule has 1 saturated carbocycles. The first kappa shape index (κ1) is 17.9. The van der Waals surface area contributed by atoms with Crippen molar-refractivity contribution in [1.29, 1.82) is 0 Å². The van der Waals surface area contributed by atoms with Crippen molar-refractivity contribution in [3.63, 3.8) is 0 Å². The Bertz CT molecular complexity index is 390. The second kappa shape index (κ2) is 9.01. The Balaban J connectivity index is 2.39. The lowest BCUT2D eigenvalue weighted by Crippen LogP contribution is -2.14. The van der Waals surface area contributed by atoms with Gasteiger partial charge in [-0.05, 0) is 30.3 Å². The van der Waals surface area contributed by atoms with E-state index in [9.17, 15) is 8.78 Å². The SMILES string of the molecule is C=C(CCC1CCC(CCC)CC1)/C(F)=C(/F)C(=C)OC. The van der Waals surface area contributed by atoms with Crippen molar-refractivity contribution < 1.29 is 13.5 Å². The molecule has 1 aliphatic rings. The summed E-state index contributed by atoms with van der Waals surface area (Å²) in [4.78, 5) is 0. The summed E-state index contributed by atoms with van der Waals surface area (Å²) >= 11 is 0. The largest absolute Gasteiger partial charge is 0.494 e. The van der Waals surface area contributed by atoms with E-state index in [1.165, 1.54) is 45.6 Å². The van der Waals surface area contributed by atoms with Crippen molar-refractivity contribution in [3.8, 4) is 0 Å². The van der Waals surface area contributed by atoms with Crippen molar-refractivity contribution in [2.75, 3.05) is 7.11 Å².